The Morgan fingerprint density at radius 2 is 1.44 bits per heavy atom. The van der Waals surface area contributed by atoms with Gasteiger partial charge in [0.25, 0.3) is 0 Å². The third-order valence-corrected chi connectivity index (χ3v) is 7.92. The largest absolute Gasteiger partial charge is 0.456 e. The Hall–Kier alpha value is -2.74. The highest BCUT2D eigenvalue weighted by Crippen LogP contribution is 2.45. The monoisotopic (exact) mass is 425 g/mol. The van der Waals surface area contributed by atoms with Gasteiger partial charge in [-0.05, 0) is 94.2 Å². The molecule has 2 nitrogen and oxygen atoms in total. The summed E-state index contributed by atoms with van der Waals surface area (Å²) in [5, 5.41) is 2.53. The van der Waals surface area contributed by atoms with Crippen molar-refractivity contribution in [1.29, 1.82) is 0 Å². The van der Waals surface area contributed by atoms with Crippen LogP contribution in [0.15, 0.2) is 36.4 Å². The van der Waals surface area contributed by atoms with E-state index in [9.17, 15) is 0 Å². The SMILES string of the molecule is CCN1c2cc3c(cc2C(C)=CC1(C)C)C(C)=c1cc2c(cc1O3)=C(C)C(C)(C)C=C2C. The van der Waals surface area contributed by atoms with Gasteiger partial charge in [-0.3, -0.25) is 0 Å². The molecule has 0 amide bonds. The molecule has 2 heterocycles. The van der Waals surface area contributed by atoms with Gasteiger partial charge in [-0.25, -0.2) is 0 Å². The summed E-state index contributed by atoms with van der Waals surface area (Å²) in [5.74, 6) is 1.95. The summed E-state index contributed by atoms with van der Waals surface area (Å²) in [5.41, 5.74) is 10.6. The molecule has 166 valence electrons. The lowest BCUT2D eigenvalue weighted by Crippen LogP contribution is -2.45. The zero-order valence-electron chi connectivity index (χ0n) is 21.0. The van der Waals surface area contributed by atoms with Crippen molar-refractivity contribution >= 4 is 28.0 Å². The summed E-state index contributed by atoms with van der Waals surface area (Å²) in [4.78, 5) is 2.48. The van der Waals surface area contributed by atoms with Crippen LogP contribution in [0.2, 0.25) is 0 Å². The van der Waals surface area contributed by atoms with Crippen LogP contribution in [0.5, 0.6) is 11.5 Å². The van der Waals surface area contributed by atoms with E-state index in [1.165, 1.54) is 55.1 Å². The van der Waals surface area contributed by atoms with Gasteiger partial charge in [0.05, 0.1) is 5.54 Å². The van der Waals surface area contributed by atoms with Crippen LogP contribution in [0.3, 0.4) is 0 Å². The Bertz CT molecular complexity index is 1360. The highest BCUT2D eigenvalue weighted by molar-refractivity contribution is 5.87. The van der Waals surface area contributed by atoms with Gasteiger partial charge < -0.3 is 9.64 Å². The predicted molar refractivity (Wildman–Crippen MR) is 138 cm³/mol. The molecule has 5 rings (SSSR count). The summed E-state index contributed by atoms with van der Waals surface area (Å²) in [6, 6.07) is 9.23. The first-order valence-corrected chi connectivity index (χ1v) is 11.8. The molecule has 0 spiro atoms. The molecular weight excluding hydrogens is 390 g/mol. The maximum Gasteiger partial charge on any atom is 0.137 e. The fraction of sp³-hybridized carbons (Fsp3) is 0.400. The second-order valence-electron chi connectivity index (χ2n) is 10.9. The molecule has 3 aliphatic rings. The Labute approximate surface area is 192 Å². The van der Waals surface area contributed by atoms with Gasteiger partial charge in [-0.15, -0.1) is 0 Å². The number of likely N-dealkylation sites (N-methyl/N-ethyl adjacent to an activating group) is 1. The highest BCUT2D eigenvalue weighted by Gasteiger charge is 2.32. The van der Waals surface area contributed by atoms with Crippen LogP contribution in [0.4, 0.5) is 5.69 Å². The molecule has 0 N–H and O–H groups in total. The normalized spacial score (nSPS) is 19.8. The molecule has 0 bridgehead atoms. The number of hydrogen-bond donors (Lipinski definition) is 0. The fourth-order valence-electron chi connectivity index (χ4n) is 5.99. The van der Waals surface area contributed by atoms with E-state index in [1.54, 1.807) is 0 Å². The molecule has 0 atom stereocenters. The molecule has 2 aliphatic heterocycles. The Morgan fingerprint density at radius 1 is 0.750 bits per heavy atom. The van der Waals surface area contributed by atoms with E-state index in [4.69, 9.17) is 4.74 Å². The highest BCUT2D eigenvalue weighted by atomic mass is 16.5. The van der Waals surface area contributed by atoms with E-state index in [2.05, 4.69) is 104 Å². The lowest BCUT2D eigenvalue weighted by atomic mass is 9.76. The number of nitrogens with zero attached hydrogens (tertiary/aromatic N) is 1. The first-order valence-electron chi connectivity index (χ1n) is 11.8. The van der Waals surface area contributed by atoms with Crippen LogP contribution in [-0.4, -0.2) is 12.1 Å². The van der Waals surface area contributed by atoms with E-state index < -0.39 is 0 Å². The van der Waals surface area contributed by atoms with Crippen LogP contribution >= 0.6 is 0 Å². The lowest BCUT2D eigenvalue weighted by Gasteiger charge is -2.43. The molecule has 0 saturated carbocycles. The van der Waals surface area contributed by atoms with Crippen molar-refractivity contribution in [2.45, 2.75) is 67.9 Å². The zero-order valence-corrected chi connectivity index (χ0v) is 21.0. The van der Waals surface area contributed by atoms with E-state index in [0.29, 0.717) is 0 Å². The third kappa shape index (κ3) is 2.85. The third-order valence-electron chi connectivity index (χ3n) is 7.92. The summed E-state index contributed by atoms with van der Waals surface area (Å²) in [7, 11) is 0. The number of anilines is 1. The summed E-state index contributed by atoms with van der Waals surface area (Å²) < 4.78 is 6.63. The van der Waals surface area contributed by atoms with Crippen molar-refractivity contribution < 1.29 is 4.74 Å². The average Bonchev–Trinajstić information content (AvgIpc) is 2.70. The summed E-state index contributed by atoms with van der Waals surface area (Å²) in [6.45, 7) is 21.3. The molecule has 0 radical (unpaired) electrons. The molecule has 0 unspecified atom stereocenters. The van der Waals surface area contributed by atoms with Gasteiger partial charge in [0.15, 0.2) is 0 Å². The van der Waals surface area contributed by atoms with Crippen molar-refractivity contribution in [2.24, 2.45) is 5.41 Å². The van der Waals surface area contributed by atoms with E-state index in [-0.39, 0.29) is 11.0 Å². The van der Waals surface area contributed by atoms with E-state index >= 15 is 0 Å². The van der Waals surface area contributed by atoms with Gasteiger partial charge in [-0.2, -0.15) is 0 Å². The first kappa shape index (κ1) is 21.1. The van der Waals surface area contributed by atoms with Crippen LogP contribution in [0.1, 0.15) is 79.0 Å². The number of hydrogen-bond acceptors (Lipinski definition) is 2. The minimum absolute atomic E-state index is 0.00794. The van der Waals surface area contributed by atoms with E-state index in [1.807, 2.05) is 0 Å². The molecule has 2 aromatic rings. The Morgan fingerprint density at radius 3 is 2.12 bits per heavy atom. The van der Waals surface area contributed by atoms with E-state index in [0.717, 1.165) is 18.0 Å². The number of allylic oxidation sites excluding steroid dienone is 3. The summed E-state index contributed by atoms with van der Waals surface area (Å²) >= 11 is 0. The minimum Gasteiger partial charge on any atom is -0.456 e. The maximum atomic E-state index is 6.63. The van der Waals surface area contributed by atoms with Crippen LogP contribution in [0.25, 0.3) is 22.3 Å². The van der Waals surface area contributed by atoms with Crippen molar-refractivity contribution in [3.05, 3.63) is 63.5 Å². The Kier molecular flexibility index (Phi) is 4.38. The molecular formula is C30H35NO. The fourth-order valence-corrected chi connectivity index (χ4v) is 5.99. The standard InChI is InChI=1S/C30H35NO/c1-10-31-26-14-28-24(12-22(26)18(3)16-30(31,8)9)19(4)23-11-21-17(2)15-29(6,7)20(5)25(21)13-27(23)32-28/h11-16H,10H2,1-9H3. The second kappa shape index (κ2) is 6.63. The lowest BCUT2D eigenvalue weighted by molar-refractivity contribution is 0.470. The first-order chi connectivity index (χ1) is 14.9. The number of fused-ring (bicyclic) bond motifs is 4. The molecule has 0 saturated heterocycles. The van der Waals surface area contributed by atoms with Crippen LogP contribution in [-0.2, 0) is 0 Å². The molecule has 32 heavy (non-hydrogen) atoms. The van der Waals surface area contributed by atoms with Gasteiger partial charge in [0, 0.05) is 40.1 Å². The van der Waals surface area contributed by atoms with Crippen molar-refractivity contribution in [1.82, 2.24) is 0 Å². The van der Waals surface area contributed by atoms with Crippen molar-refractivity contribution in [3.8, 4) is 11.5 Å². The Balaban J connectivity index is 1.78. The van der Waals surface area contributed by atoms with Crippen molar-refractivity contribution in [2.75, 3.05) is 11.4 Å². The molecule has 2 aromatic carbocycles. The molecule has 2 heteroatoms. The molecule has 0 fully saturated rings. The maximum absolute atomic E-state index is 6.63. The van der Waals surface area contributed by atoms with Crippen molar-refractivity contribution in [3.63, 3.8) is 0 Å². The average molecular weight is 426 g/mol. The smallest absolute Gasteiger partial charge is 0.137 e. The topological polar surface area (TPSA) is 12.5 Å². The van der Waals surface area contributed by atoms with Crippen LogP contribution < -0.4 is 20.1 Å². The zero-order chi connectivity index (χ0) is 23.2. The summed E-state index contributed by atoms with van der Waals surface area (Å²) in [6.07, 6.45) is 4.79. The molecule has 0 aromatic heterocycles. The number of ether oxygens (including phenoxy) is 1. The minimum atomic E-state index is -0.00794. The number of rotatable bonds is 1. The number of benzene rings is 2. The van der Waals surface area contributed by atoms with Gasteiger partial charge in [-0.1, -0.05) is 31.6 Å². The quantitative estimate of drug-likeness (QED) is 0.507. The van der Waals surface area contributed by atoms with Crippen LogP contribution in [0, 0.1) is 5.41 Å². The second-order valence-corrected chi connectivity index (χ2v) is 10.9. The van der Waals surface area contributed by atoms with Gasteiger partial charge in [0.2, 0.25) is 0 Å². The molecule has 1 aliphatic carbocycles. The van der Waals surface area contributed by atoms with Gasteiger partial charge >= 0.3 is 0 Å². The van der Waals surface area contributed by atoms with Gasteiger partial charge in [0.1, 0.15) is 11.5 Å². The predicted octanol–water partition coefficient (Wildman–Crippen LogP) is 6.65.